The Morgan fingerprint density at radius 1 is 1.57 bits per heavy atom. The summed E-state index contributed by atoms with van der Waals surface area (Å²) >= 11 is 5.84. The van der Waals surface area contributed by atoms with E-state index in [2.05, 4.69) is 30.9 Å². The summed E-state index contributed by atoms with van der Waals surface area (Å²) in [5.41, 5.74) is -0.0701. The van der Waals surface area contributed by atoms with Crippen molar-refractivity contribution in [3.8, 4) is 0 Å². The van der Waals surface area contributed by atoms with Gasteiger partial charge in [0.2, 0.25) is 0 Å². The number of morpholine rings is 1. The monoisotopic (exact) mass is 217 g/mol. The molecule has 1 aliphatic heterocycles. The van der Waals surface area contributed by atoms with Crippen molar-refractivity contribution in [2.24, 2.45) is 0 Å². The van der Waals surface area contributed by atoms with Crippen LogP contribution in [0.5, 0.6) is 0 Å². The van der Waals surface area contributed by atoms with E-state index in [0.29, 0.717) is 5.88 Å². The summed E-state index contributed by atoms with van der Waals surface area (Å²) in [6.07, 6.45) is 4.43. The van der Waals surface area contributed by atoms with Gasteiger partial charge in [0.25, 0.3) is 0 Å². The molecule has 2 nitrogen and oxygen atoms in total. The zero-order valence-corrected chi connectivity index (χ0v) is 10.0. The molecule has 1 rings (SSSR count). The lowest BCUT2D eigenvalue weighted by Crippen LogP contribution is -2.53. The normalized spacial score (nSPS) is 28.4. The highest BCUT2D eigenvalue weighted by molar-refractivity contribution is 6.18. The van der Waals surface area contributed by atoms with Gasteiger partial charge in [-0.3, -0.25) is 4.90 Å². The molecule has 1 saturated heterocycles. The number of rotatable bonds is 3. The molecule has 0 bridgehead atoms. The molecular weight excluding hydrogens is 198 g/mol. The number of hydrogen-bond acceptors (Lipinski definition) is 2. The van der Waals surface area contributed by atoms with Crippen LogP contribution in [0.15, 0.2) is 12.2 Å². The fourth-order valence-electron chi connectivity index (χ4n) is 1.89. The Balaban J connectivity index is 2.52. The predicted molar refractivity (Wildman–Crippen MR) is 60.9 cm³/mol. The topological polar surface area (TPSA) is 12.5 Å². The van der Waals surface area contributed by atoms with Crippen molar-refractivity contribution in [1.29, 1.82) is 0 Å². The van der Waals surface area contributed by atoms with Gasteiger partial charge in [0.05, 0.1) is 11.7 Å². The molecule has 1 fully saturated rings. The smallest absolute Gasteiger partial charge is 0.0845 e. The first-order valence-corrected chi connectivity index (χ1v) is 5.68. The highest BCUT2D eigenvalue weighted by Crippen LogP contribution is 2.21. The van der Waals surface area contributed by atoms with Crippen molar-refractivity contribution in [2.45, 2.75) is 32.5 Å². The molecule has 1 aliphatic rings. The number of allylic oxidation sites excluding steroid dienone is 1. The van der Waals surface area contributed by atoms with Crippen LogP contribution in [0.4, 0.5) is 0 Å². The fraction of sp³-hybridized carbons (Fsp3) is 0.818. The van der Waals surface area contributed by atoms with Crippen LogP contribution >= 0.6 is 11.6 Å². The van der Waals surface area contributed by atoms with E-state index in [0.717, 1.165) is 19.6 Å². The second kappa shape index (κ2) is 5.15. The van der Waals surface area contributed by atoms with Crippen LogP contribution in [0.2, 0.25) is 0 Å². The minimum absolute atomic E-state index is 0.0701. The zero-order valence-electron chi connectivity index (χ0n) is 9.29. The van der Waals surface area contributed by atoms with Gasteiger partial charge in [-0.2, -0.15) is 0 Å². The summed E-state index contributed by atoms with van der Waals surface area (Å²) in [7, 11) is 0. The maximum atomic E-state index is 5.84. The molecule has 0 saturated carbocycles. The average molecular weight is 218 g/mol. The molecule has 1 heterocycles. The Kier molecular flexibility index (Phi) is 4.42. The molecule has 0 aromatic carbocycles. The standard InChI is InChI=1S/C11H20ClNO/c1-4-5-6-13-8-10(7-12)14-11(2,3)9-13/h4-5,10H,6-9H2,1-3H3/b5-4+. The Hall–Kier alpha value is -0.0500. The van der Waals surface area contributed by atoms with Gasteiger partial charge in [0, 0.05) is 25.5 Å². The summed E-state index contributed by atoms with van der Waals surface area (Å²) in [6.45, 7) is 9.20. The van der Waals surface area contributed by atoms with Crippen molar-refractivity contribution in [3.63, 3.8) is 0 Å². The molecule has 0 N–H and O–H groups in total. The first kappa shape index (κ1) is 12.0. The Labute approximate surface area is 91.9 Å². The first-order chi connectivity index (χ1) is 6.57. The van der Waals surface area contributed by atoms with E-state index in [-0.39, 0.29) is 11.7 Å². The fourth-order valence-corrected chi connectivity index (χ4v) is 2.05. The maximum Gasteiger partial charge on any atom is 0.0845 e. The van der Waals surface area contributed by atoms with E-state index in [4.69, 9.17) is 16.3 Å². The summed E-state index contributed by atoms with van der Waals surface area (Å²) in [6, 6.07) is 0. The number of ether oxygens (including phenoxy) is 1. The number of alkyl halides is 1. The summed E-state index contributed by atoms with van der Waals surface area (Å²) in [5.74, 6) is 0.579. The minimum Gasteiger partial charge on any atom is -0.368 e. The number of hydrogen-bond donors (Lipinski definition) is 0. The molecule has 82 valence electrons. The van der Waals surface area contributed by atoms with E-state index in [1.807, 2.05) is 6.92 Å². The SMILES string of the molecule is C/C=C/CN1CC(CCl)OC(C)(C)C1. The van der Waals surface area contributed by atoms with Gasteiger partial charge in [-0.25, -0.2) is 0 Å². The highest BCUT2D eigenvalue weighted by atomic mass is 35.5. The summed E-state index contributed by atoms with van der Waals surface area (Å²) < 4.78 is 5.84. The highest BCUT2D eigenvalue weighted by Gasteiger charge is 2.32. The zero-order chi connectivity index (χ0) is 10.6. The van der Waals surface area contributed by atoms with Crippen molar-refractivity contribution in [1.82, 2.24) is 4.90 Å². The largest absolute Gasteiger partial charge is 0.368 e. The lowest BCUT2D eigenvalue weighted by molar-refractivity contribution is -0.124. The van der Waals surface area contributed by atoms with E-state index in [1.54, 1.807) is 0 Å². The Bertz CT molecular complexity index is 203. The predicted octanol–water partition coefficient (Wildman–Crippen LogP) is 2.28. The van der Waals surface area contributed by atoms with Gasteiger partial charge < -0.3 is 4.74 Å². The Morgan fingerprint density at radius 3 is 2.86 bits per heavy atom. The summed E-state index contributed by atoms with van der Waals surface area (Å²) in [4.78, 5) is 2.39. The van der Waals surface area contributed by atoms with Crippen LogP contribution in [-0.2, 0) is 4.74 Å². The minimum atomic E-state index is -0.0701. The van der Waals surface area contributed by atoms with Crippen molar-refractivity contribution >= 4 is 11.6 Å². The van der Waals surface area contributed by atoms with E-state index >= 15 is 0 Å². The molecule has 0 aromatic rings. The van der Waals surface area contributed by atoms with Gasteiger partial charge in [-0.1, -0.05) is 12.2 Å². The lowest BCUT2D eigenvalue weighted by Gasteiger charge is -2.42. The molecule has 0 radical (unpaired) electrons. The molecule has 0 amide bonds. The van der Waals surface area contributed by atoms with Crippen LogP contribution < -0.4 is 0 Å². The third kappa shape index (κ3) is 3.60. The van der Waals surface area contributed by atoms with Gasteiger partial charge in [0.1, 0.15) is 0 Å². The molecule has 0 spiro atoms. The van der Waals surface area contributed by atoms with Gasteiger partial charge in [-0.15, -0.1) is 11.6 Å². The van der Waals surface area contributed by atoms with E-state index < -0.39 is 0 Å². The Morgan fingerprint density at radius 2 is 2.29 bits per heavy atom. The third-order valence-corrected chi connectivity index (χ3v) is 2.67. The van der Waals surface area contributed by atoms with Gasteiger partial charge in [0.15, 0.2) is 0 Å². The van der Waals surface area contributed by atoms with E-state index in [9.17, 15) is 0 Å². The van der Waals surface area contributed by atoms with Crippen molar-refractivity contribution < 1.29 is 4.74 Å². The van der Waals surface area contributed by atoms with Gasteiger partial charge >= 0.3 is 0 Å². The summed E-state index contributed by atoms with van der Waals surface area (Å²) in [5, 5.41) is 0. The van der Waals surface area contributed by atoms with Crippen LogP contribution in [0, 0.1) is 0 Å². The first-order valence-electron chi connectivity index (χ1n) is 5.14. The molecule has 3 heteroatoms. The van der Waals surface area contributed by atoms with Crippen LogP contribution in [0.25, 0.3) is 0 Å². The van der Waals surface area contributed by atoms with Crippen LogP contribution in [-0.4, -0.2) is 42.1 Å². The molecular formula is C11H20ClNO. The maximum absolute atomic E-state index is 5.84. The molecule has 14 heavy (non-hydrogen) atoms. The second-order valence-electron chi connectivity index (χ2n) is 4.42. The molecule has 0 aromatic heterocycles. The van der Waals surface area contributed by atoms with E-state index in [1.165, 1.54) is 0 Å². The number of nitrogens with zero attached hydrogens (tertiary/aromatic N) is 1. The van der Waals surface area contributed by atoms with Crippen molar-refractivity contribution in [3.05, 3.63) is 12.2 Å². The average Bonchev–Trinajstić information content (AvgIpc) is 2.12. The second-order valence-corrected chi connectivity index (χ2v) is 4.73. The van der Waals surface area contributed by atoms with Crippen molar-refractivity contribution in [2.75, 3.05) is 25.5 Å². The van der Waals surface area contributed by atoms with Crippen LogP contribution in [0.3, 0.4) is 0 Å². The lowest BCUT2D eigenvalue weighted by atomic mass is 10.1. The van der Waals surface area contributed by atoms with Gasteiger partial charge in [-0.05, 0) is 20.8 Å². The molecule has 0 aliphatic carbocycles. The molecule has 1 atom stereocenters. The van der Waals surface area contributed by atoms with Crippen LogP contribution in [0.1, 0.15) is 20.8 Å². The molecule has 1 unspecified atom stereocenters. The number of halogens is 1. The third-order valence-electron chi connectivity index (χ3n) is 2.32. The quantitative estimate of drug-likeness (QED) is 0.531.